The zero-order valence-corrected chi connectivity index (χ0v) is 12.4. The molecule has 0 unspecified atom stereocenters. The molecule has 96 valence electrons. The average molecular weight is 320 g/mol. The molecule has 0 aliphatic heterocycles. The Hall–Kier alpha value is -0.420. The van der Waals surface area contributed by atoms with Crippen molar-refractivity contribution in [1.29, 1.82) is 0 Å². The lowest BCUT2D eigenvalue weighted by Crippen LogP contribution is -2.07. The Morgan fingerprint density at radius 2 is 2.12 bits per heavy atom. The van der Waals surface area contributed by atoms with E-state index in [9.17, 15) is 4.79 Å². The zero-order valence-electron chi connectivity index (χ0n) is 9.99. The summed E-state index contributed by atoms with van der Waals surface area (Å²) in [5.74, 6) is 0.355. The maximum absolute atomic E-state index is 11.0. The number of aromatic carboxylic acids is 1. The second-order valence-electron chi connectivity index (χ2n) is 3.95. The third-order valence-electron chi connectivity index (χ3n) is 2.58. The van der Waals surface area contributed by atoms with Crippen molar-refractivity contribution < 1.29 is 9.90 Å². The van der Waals surface area contributed by atoms with E-state index in [1.807, 2.05) is 18.0 Å². The van der Waals surface area contributed by atoms with Gasteiger partial charge in [0.1, 0.15) is 5.69 Å². The third-order valence-corrected chi connectivity index (χ3v) is 3.71. The fourth-order valence-corrected chi connectivity index (χ4v) is 2.68. The number of halogens is 1. The van der Waals surface area contributed by atoms with Gasteiger partial charge in [0.15, 0.2) is 0 Å². The van der Waals surface area contributed by atoms with E-state index in [0.29, 0.717) is 5.69 Å². The first-order chi connectivity index (χ1) is 8.15. The lowest BCUT2D eigenvalue weighted by molar-refractivity contribution is 0.0685. The summed E-state index contributed by atoms with van der Waals surface area (Å²) < 4.78 is 2.64. The molecule has 0 spiro atoms. The van der Waals surface area contributed by atoms with E-state index < -0.39 is 5.97 Å². The highest BCUT2D eigenvalue weighted by atomic mass is 79.9. The molecule has 1 rings (SSSR count). The fourth-order valence-electron chi connectivity index (χ4n) is 1.72. The standard InChI is InChI=1S/C12H18BrNO2S/c1-17-7-5-3-2-4-6-14-9-10(13)8-11(14)12(15)16/h8-9H,2-7H2,1H3,(H,15,16). The third kappa shape index (κ3) is 5.17. The maximum atomic E-state index is 11.0. The number of aromatic nitrogens is 1. The molecule has 0 fully saturated rings. The Labute approximate surface area is 115 Å². The monoisotopic (exact) mass is 319 g/mol. The van der Waals surface area contributed by atoms with Gasteiger partial charge in [0.05, 0.1) is 0 Å². The summed E-state index contributed by atoms with van der Waals surface area (Å²) in [5.41, 5.74) is 0.362. The molecule has 3 nitrogen and oxygen atoms in total. The highest BCUT2D eigenvalue weighted by Gasteiger charge is 2.10. The van der Waals surface area contributed by atoms with Crippen LogP contribution in [0, 0.1) is 0 Å². The Bertz CT molecular complexity index is 365. The number of aryl methyl sites for hydroxylation is 1. The van der Waals surface area contributed by atoms with Crippen LogP contribution in [0.15, 0.2) is 16.7 Å². The van der Waals surface area contributed by atoms with Crippen molar-refractivity contribution in [2.24, 2.45) is 0 Å². The molecule has 1 aromatic heterocycles. The predicted molar refractivity (Wildman–Crippen MR) is 75.9 cm³/mol. The van der Waals surface area contributed by atoms with Crippen LogP contribution < -0.4 is 0 Å². The van der Waals surface area contributed by atoms with Crippen LogP contribution in [0.1, 0.15) is 36.2 Å². The number of carboxylic acids is 1. The minimum atomic E-state index is -0.863. The SMILES string of the molecule is CSCCCCCCn1cc(Br)cc1C(=O)O. The molecular formula is C12H18BrNO2S. The quantitative estimate of drug-likeness (QED) is 0.739. The summed E-state index contributed by atoms with van der Waals surface area (Å²) in [6.07, 6.45) is 8.64. The van der Waals surface area contributed by atoms with Crippen molar-refractivity contribution in [2.75, 3.05) is 12.0 Å². The Morgan fingerprint density at radius 3 is 2.76 bits per heavy atom. The summed E-state index contributed by atoms with van der Waals surface area (Å²) in [5, 5.41) is 9.01. The summed E-state index contributed by atoms with van der Waals surface area (Å²) in [6.45, 7) is 0.784. The Balaban J connectivity index is 2.33. The molecule has 0 amide bonds. The maximum Gasteiger partial charge on any atom is 0.352 e. The zero-order chi connectivity index (χ0) is 12.7. The molecular weight excluding hydrogens is 302 g/mol. The first-order valence-electron chi connectivity index (χ1n) is 5.73. The number of nitrogens with zero attached hydrogens (tertiary/aromatic N) is 1. The largest absolute Gasteiger partial charge is 0.477 e. The fraction of sp³-hybridized carbons (Fsp3) is 0.583. The smallest absolute Gasteiger partial charge is 0.352 e. The number of carboxylic acid groups (broad SMARTS) is 1. The minimum absolute atomic E-state index is 0.362. The van der Waals surface area contributed by atoms with Crippen molar-refractivity contribution >= 4 is 33.7 Å². The number of hydrogen-bond donors (Lipinski definition) is 1. The molecule has 0 bridgehead atoms. The molecule has 0 aromatic carbocycles. The van der Waals surface area contributed by atoms with Crippen molar-refractivity contribution in [2.45, 2.75) is 32.2 Å². The van der Waals surface area contributed by atoms with Crippen LogP contribution in [0.4, 0.5) is 0 Å². The molecule has 0 radical (unpaired) electrons. The number of unbranched alkanes of at least 4 members (excludes halogenated alkanes) is 3. The van der Waals surface area contributed by atoms with Gasteiger partial charge in [0.25, 0.3) is 0 Å². The van der Waals surface area contributed by atoms with Crippen LogP contribution in [0.5, 0.6) is 0 Å². The molecule has 0 atom stereocenters. The van der Waals surface area contributed by atoms with E-state index in [1.165, 1.54) is 18.6 Å². The van der Waals surface area contributed by atoms with E-state index >= 15 is 0 Å². The molecule has 5 heteroatoms. The van der Waals surface area contributed by atoms with E-state index in [2.05, 4.69) is 22.2 Å². The number of hydrogen-bond acceptors (Lipinski definition) is 2. The van der Waals surface area contributed by atoms with Crippen LogP contribution in [-0.2, 0) is 6.54 Å². The molecule has 0 aliphatic rings. The van der Waals surface area contributed by atoms with Gasteiger partial charge in [-0.1, -0.05) is 12.8 Å². The minimum Gasteiger partial charge on any atom is -0.477 e. The van der Waals surface area contributed by atoms with Crippen molar-refractivity contribution in [3.05, 3.63) is 22.4 Å². The number of carbonyl (C=O) groups is 1. The van der Waals surface area contributed by atoms with Gasteiger partial charge in [0.2, 0.25) is 0 Å². The molecule has 1 aromatic rings. The van der Waals surface area contributed by atoms with Crippen molar-refractivity contribution in [1.82, 2.24) is 4.57 Å². The van der Waals surface area contributed by atoms with Gasteiger partial charge >= 0.3 is 5.97 Å². The second kappa shape index (κ2) is 7.82. The Morgan fingerprint density at radius 1 is 1.41 bits per heavy atom. The molecule has 1 N–H and O–H groups in total. The van der Waals surface area contributed by atoms with Gasteiger partial charge < -0.3 is 9.67 Å². The highest BCUT2D eigenvalue weighted by molar-refractivity contribution is 9.10. The van der Waals surface area contributed by atoms with Crippen LogP contribution in [0.25, 0.3) is 0 Å². The summed E-state index contributed by atoms with van der Waals surface area (Å²) in [7, 11) is 0. The molecule has 0 saturated carbocycles. The molecule has 0 saturated heterocycles. The second-order valence-corrected chi connectivity index (χ2v) is 5.85. The van der Waals surface area contributed by atoms with Crippen molar-refractivity contribution in [3.63, 3.8) is 0 Å². The van der Waals surface area contributed by atoms with E-state index in [1.54, 1.807) is 10.6 Å². The molecule has 17 heavy (non-hydrogen) atoms. The topological polar surface area (TPSA) is 42.2 Å². The molecule has 0 aliphatic carbocycles. The Kier molecular flexibility index (Phi) is 6.73. The van der Waals surface area contributed by atoms with Gasteiger partial charge in [-0.25, -0.2) is 4.79 Å². The van der Waals surface area contributed by atoms with E-state index in [-0.39, 0.29) is 0 Å². The summed E-state index contributed by atoms with van der Waals surface area (Å²) in [4.78, 5) is 11.0. The normalized spacial score (nSPS) is 10.7. The van der Waals surface area contributed by atoms with Crippen LogP contribution in [0.2, 0.25) is 0 Å². The van der Waals surface area contributed by atoms with Crippen LogP contribution in [-0.4, -0.2) is 27.7 Å². The van der Waals surface area contributed by atoms with E-state index in [4.69, 9.17) is 5.11 Å². The first-order valence-corrected chi connectivity index (χ1v) is 7.91. The average Bonchev–Trinajstić information content (AvgIpc) is 2.65. The lowest BCUT2D eigenvalue weighted by Gasteiger charge is -2.05. The first kappa shape index (κ1) is 14.6. The van der Waals surface area contributed by atoms with E-state index in [0.717, 1.165) is 23.9 Å². The van der Waals surface area contributed by atoms with Gasteiger partial charge in [-0.2, -0.15) is 11.8 Å². The van der Waals surface area contributed by atoms with Gasteiger partial charge in [0, 0.05) is 17.2 Å². The van der Waals surface area contributed by atoms with Gasteiger partial charge in [-0.05, 0) is 46.8 Å². The van der Waals surface area contributed by atoms with Crippen LogP contribution in [0.3, 0.4) is 0 Å². The number of thioether (sulfide) groups is 1. The lowest BCUT2D eigenvalue weighted by atomic mass is 10.2. The van der Waals surface area contributed by atoms with Crippen molar-refractivity contribution in [3.8, 4) is 0 Å². The van der Waals surface area contributed by atoms with Gasteiger partial charge in [-0.15, -0.1) is 0 Å². The predicted octanol–water partition coefficient (Wildman–Crippen LogP) is 3.87. The number of rotatable bonds is 8. The summed E-state index contributed by atoms with van der Waals surface area (Å²) >= 11 is 5.18. The highest BCUT2D eigenvalue weighted by Crippen LogP contribution is 2.16. The summed E-state index contributed by atoms with van der Waals surface area (Å²) in [6, 6.07) is 1.65. The molecule has 1 heterocycles. The van der Waals surface area contributed by atoms with Crippen LogP contribution >= 0.6 is 27.7 Å². The van der Waals surface area contributed by atoms with Gasteiger partial charge in [-0.3, -0.25) is 0 Å².